The Morgan fingerprint density at radius 2 is 2.14 bits per heavy atom. The third-order valence-electron chi connectivity index (χ3n) is 2.00. The van der Waals surface area contributed by atoms with Crippen LogP contribution in [0.4, 0.5) is 5.88 Å². The van der Waals surface area contributed by atoms with Gasteiger partial charge in [-0.15, -0.1) is 0 Å². The molecule has 0 aliphatic heterocycles. The second-order valence-electron chi connectivity index (χ2n) is 3.87. The maximum atomic E-state index is 11.4. The molecule has 0 saturated heterocycles. The molecule has 1 aromatic rings. The summed E-state index contributed by atoms with van der Waals surface area (Å²) in [5.74, 6) is 0.784. The van der Waals surface area contributed by atoms with Gasteiger partial charge >= 0.3 is 0 Å². The van der Waals surface area contributed by atoms with E-state index < -0.39 is 0 Å². The average Bonchev–Trinajstić information content (AvgIpc) is 2.34. The molecule has 14 heavy (non-hydrogen) atoms. The zero-order valence-corrected chi connectivity index (χ0v) is 9.05. The molecule has 78 valence electrons. The first-order valence-corrected chi connectivity index (χ1v) is 4.73. The molecule has 0 bridgehead atoms. The third kappa shape index (κ3) is 2.58. The standard InChI is InChI=1S/C10H16N2O2/c1-6(2)5-9(13)11-10-7(3)8(4)12-14-10/h6H,5H2,1-4H3,(H,11,13). The predicted molar refractivity (Wildman–Crippen MR) is 54.1 cm³/mol. The summed E-state index contributed by atoms with van der Waals surface area (Å²) < 4.78 is 4.97. The normalized spacial score (nSPS) is 10.6. The predicted octanol–water partition coefficient (Wildman–Crippen LogP) is 2.28. The topological polar surface area (TPSA) is 55.1 Å². The van der Waals surface area contributed by atoms with Gasteiger partial charge in [-0.2, -0.15) is 0 Å². The van der Waals surface area contributed by atoms with Gasteiger partial charge < -0.3 is 4.52 Å². The van der Waals surface area contributed by atoms with Crippen LogP contribution in [0.5, 0.6) is 0 Å². The molecule has 0 radical (unpaired) electrons. The van der Waals surface area contributed by atoms with Crippen LogP contribution in [0.1, 0.15) is 31.5 Å². The lowest BCUT2D eigenvalue weighted by Gasteiger charge is -2.04. The number of nitrogens with zero attached hydrogens (tertiary/aromatic N) is 1. The van der Waals surface area contributed by atoms with Crippen LogP contribution in [0.15, 0.2) is 4.52 Å². The number of hydrogen-bond donors (Lipinski definition) is 1. The van der Waals surface area contributed by atoms with Gasteiger partial charge in [-0.25, -0.2) is 0 Å². The van der Waals surface area contributed by atoms with Crippen LogP contribution in [0.3, 0.4) is 0 Å². The van der Waals surface area contributed by atoms with Crippen molar-refractivity contribution in [2.24, 2.45) is 5.92 Å². The summed E-state index contributed by atoms with van der Waals surface area (Å²) in [5, 5.41) is 6.45. The zero-order chi connectivity index (χ0) is 10.7. The van der Waals surface area contributed by atoms with Gasteiger partial charge in [0.25, 0.3) is 0 Å². The van der Waals surface area contributed by atoms with E-state index in [0.717, 1.165) is 11.3 Å². The van der Waals surface area contributed by atoms with Crippen LogP contribution in [0.2, 0.25) is 0 Å². The van der Waals surface area contributed by atoms with Crippen molar-refractivity contribution in [3.8, 4) is 0 Å². The first-order chi connectivity index (χ1) is 6.50. The Morgan fingerprint density at radius 1 is 1.50 bits per heavy atom. The summed E-state index contributed by atoms with van der Waals surface area (Å²) in [5.41, 5.74) is 1.70. The molecule has 0 saturated carbocycles. The van der Waals surface area contributed by atoms with E-state index in [4.69, 9.17) is 4.52 Å². The number of amides is 1. The molecule has 0 aliphatic rings. The van der Waals surface area contributed by atoms with Crippen LogP contribution in [0.25, 0.3) is 0 Å². The van der Waals surface area contributed by atoms with Gasteiger partial charge in [0.2, 0.25) is 11.8 Å². The Balaban J connectivity index is 2.61. The average molecular weight is 196 g/mol. The number of aromatic nitrogens is 1. The van der Waals surface area contributed by atoms with Gasteiger partial charge in [0.15, 0.2) is 0 Å². The Morgan fingerprint density at radius 3 is 2.57 bits per heavy atom. The Labute approximate surface area is 83.7 Å². The van der Waals surface area contributed by atoms with Gasteiger partial charge in [0, 0.05) is 12.0 Å². The molecule has 0 unspecified atom stereocenters. The van der Waals surface area contributed by atoms with Crippen LogP contribution in [0, 0.1) is 19.8 Å². The molecule has 1 aromatic heterocycles. The highest BCUT2D eigenvalue weighted by Crippen LogP contribution is 2.17. The lowest BCUT2D eigenvalue weighted by molar-refractivity contribution is -0.117. The molecule has 0 aliphatic carbocycles. The van der Waals surface area contributed by atoms with E-state index >= 15 is 0 Å². The number of rotatable bonds is 3. The van der Waals surface area contributed by atoms with E-state index in [2.05, 4.69) is 10.5 Å². The summed E-state index contributed by atoms with van der Waals surface area (Å²) in [6.07, 6.45) is 0.499. The molecular formula is C10H16N2O2. The minimum atomic E-state index is -0.0285. The minimum absolute atomic E-state index is 0.0285. The van der Waals surface area contributed by atoms with Crippen molar-refractivity contribution >= 4 is 11.8 Å². The molecule has 0 fully saturated rings. The summed E-state index contributed by atoms with van der Waals surface area (Å²) >= 11 is 0. The lowest BCUT2D eigenvalue weighted by atomic mass is 10.1. The fraction of sp³-hybridized carbons (Fsp3) is 0.600. The van der Waals surface area contributed by atoms with E-state index in [1.54, 1.807) is 0 Å². The number of nitrogens with one attached hydrogen (secondary N) is 1. The molecule has 0 aromatic carbocycles. The number of anilines is 1. The first-order valence-electron chi connectivity index (χ1n) is 4.73. The van der Waals surface area contributed by atoms with Crippen molar-refractivity contribution in [3.05, 3.63) is 11.3 Å². The fourth-order valence-corrected chi connectivity index (χ4v) is 1.08. The van der Waals surface area contributed by atoms with Gasteiger partial charge in [-0.3, -0.25) is 10.1 Å². The quantitative estimate of drug-likeness (QED) is 0.806. The molecule has 4 nitrogen and oxygen atoms in total. The molecule has 1 N–H and O–H groups in total. The van der Waals surface area contributed by atoms with Crippen LogP contribution >= 0.6 is 0 Å². The summed E-state index contributed by atoms with van der Waals surface area (Å²) in [6, 6.07) is 0. The molecule has 0 spiro atoms. The molecule has 0 atom stereocenters. The second kappa shape index (κ2) is 4.26. The van der Waals surface area contributed by atoms with Crippen molar-refractivity contribution in [1.82, 2.24) is 5.16 Å². The number of hydrogen-bond acceptors (Lipinski definition) is 3. The highest BCUT2D eigenvalue weighted by atomic mass is 16.5. The molecular weight excluding hydrogens is 180 g/mol. The maximum absolute atomic E-state index is 11.4. The van der Waals surface area contributed by atoms with Crippen LogP contribution in [-0.2, 0) is 4.79 Å². The van der Waals surface area contributed by atoms with Gasteiger partial charge in [0.1, 0.15) is 0 Å². The second-order valence-corrected chi connectivity index (χ2v) is 3.87. The minimum Gasteiger partial charge on any atom is -0.338 e. The number of aryl methyl sites for hydroxylation is 1. The van der Waals surface area contributed by atoms with E-state index in [9.17, 15) is 4.79 Å². The van der Waals surface area contributed by atoms with E-state index in [1.807, 2.05) is 27.7 Å². The van der Waals surface area contributed by atoms with Crippen LogP contribution in [-0.4, -0.2) is 11.1 Å². The van der Waals surface area contributed by atoms with Crippen molar-refractivity contribution in [2.45, 2.75) is 34.1 Å². The van der Waals surface area contributed by atoms with Crippen LogP contribution < -0.4 is 5.32 Å². The largest absolute Gasteiger partial charge is 0.338 e. The number of carbonyl (C=O) groups excluding carboxylic acids is 1. The Kier molecular flexibility index (Phi) is 3.28. The first kappa shape index (κ1) is 10.8. The van der Waals surface area contributed by atoms with E-state index in [1.165, 1.54) is 0 Å². The van der Waals surface area contributed by atoms with Crippen molar-refractivity contribution in [2.75, 3.05) is 5.32 Å². The monoisotopic (exact) mass is 196 g/mol. The van der Waals surface area contributed by atoms with Crippen molar-refractivity contribution in [1.29, 1.82) is 0 Å². The van der Waals surface area contributed by atoms with Gasteiger partial charge in [-0.05, 0) is 19.8 Å². The lowest BCUT2D eigenvalue weighted by Crippen LogP contribution is -2.13. The molecule has 1 rings (SSSR count). The highest BCUT2D eigenvalue weighted by Gasteiger charge is 2.12. The maximum Gasteiger partial charge on any atom is 0.234 e. The molecule has 4 heteroatoms. The summed E-state index contributed by atoms with van der Waals surface area (Å²) in [7, 11) is 0. The van der Waals surface area contributed by atoms with E-state index in [-0.39, 0.29) is 5.91 Å². The van der Waals surface area contributed by atoms with Crippen molar-refractivity contribution in [3.63, 3.8) is 0 Å². The SMILES string of the molecule is Cc1noc(NC(=O)CC(C)C)c1C. The summed E-state index contributed by atoms with van der Waals surface area (Å²) in [6.45, 7) is 7.71. The summed E-state index contributed by atoms with van der Waals surface area (Å²) in [4.78, 5) is 11.4. The van der Waals surface area contributed by atoms with Crippen molar-refractivity contribution < 1.29 is 9.32 Å². The van der Waals surface area contributed by atoms with Gasteiger partial charge in [-0.1, -0.05) is 19.0 Å². The highest BCUT2D eigenvalue weighted by molar-refractivity contribution is 5.90. The zero-order valence-electron chi connectivity index (χ0n) is 9.05. The number of carbonyl (C=O) groups is 1. The Bertz CT molecular complexity index is 329. The Hall–Kier alpha value is -1.32. The molecule has 1 heterocycles. The third-order valence-corrected chi connectivity index (χ3v) is 2.00. The van der Waals surface area contributed by atoms with Gasteiger partial charge in [0.05, 0.1) is 5.69 Å². The van der Waals surface area contributed by atoms with E-state index in [0.29, 0.717) is 18.2 Å². The molecule has 1 amide bonds. The smallest absolute Gasteiger partial charge is 0.234 e. The fourth-order valence-electron chi connectivity index (χ4n) is 1.08.